The minimum Gasteiger partial charge on any atom is -0.464 e. The Morgan fingerprint density at radius 1 is 1.07 bits per heavy atom. The van der Waals surface area contributed by atoms with Crippen molar-refractivity contribution in [3.63, 3.8) is 0 Å². The van der Waals surface area contributed by atoms with Crippen molar-refractivity contribution in [2.24, 2.45) is 16.8 Å². The van der Waals surface area contributed by atoms with Gasteiger partial charge in [0.25, 0.3) is 0 Å². The van der Waals surface area contributed by atoms with E-state index in [1.54, 1.807) is 6.20 Å². The zero-order valence-corrected chi connectivity index (χ0v) is 26.9. The van der Waals surface area contributed by atoms with Gasteiger partial charge in [-0.05, 0) is 50.6 Å². The smallest absolute Gasteiger partial charge is 0.302 e. The molecule has 3 N–H and O–H groups in total. The fourth-order valence-corrected chi connectivity index (χ4v) is 3.53. The first kappa shape index (κ1) is 36.0. The van der Waals surface area contributed by atoms with E-state index >= 15 is 0 Å². The lowest BCUT2D eigenvalue weighted by atomic mass is 10.1. The number of rotatable bonds is 12. The van der Waals surface area contributed by atoms with Crippen molar-refractivity contribution in [2.75, 3.05) is 29.1 Å². The van der Waals surface area contributed by atoms with E-state index in [1.807, 2.05) is 58.9 Å². The second-order valence-corrected chi connectivity index (χ2v) is 10.5. The summed E-state index contributed by atoms with van der Waals surface area (Å²) in [6, 6.07) is 5.89. The molecular weight excluding hydrogens is 526 g/mol. The highest BCUT2D eigenvalue weighted by Crippen LogP contribution is 2.33. The molecule has 0 spiro atoms. The highest BCUT2D eigenvalue weighted by molar-refractivity contribution is 5.78. The second-order valence-electron chi connectivity index (χ2n) is 10.5. The Balaban J connectivity index is 0.00000135. The fraction of sp³-hybridized carbons (Fsp3) is 0.485. The summed E-state index contributed by atoms with van der Waals surface area (Å²) >= 11 is 0. The molecule has 42 heavy (non-hydrogen) atoms. The molecule has 9 heteroatoms. The van der Waals surface area contributed by atoms with Gasteiger partial charge in [0.05, 0.1) is 11.7 Å². The zero-order valence-electron chi connectivity index (χ0n) is 26.9. The Kier molecular flexibility index (Phi) is 17.1. The predicted octanol–water partition coefficient (Wildman–Crippen LogP) is 7.70. The van der Waals surface area contributed by atoms with Gasteiger partial charge in [-0.25, -0.2) is 0 Å². The Hall–Kier alpha value is -4.01. The van der Waals surface area contributed by atoms with Gasteiger partial charge >= 0.3 is 5.97 Å². The van der Waals surface area contributed by atoms with E-state index < -0.39 is 0 Å². The molecule has 0 radical (unpaired) electrons. The molecule has 0 amide bonds. The van der Waals surface area contributed by atoms with Crippen LogP contribution in [0.5, 0.6) is 0 Å². The molecule has 0 bridgehead atoms. The largest absolute Gasteiger partial charge is 0.464 e. The van der Waals surface area contributed by atoms with Gasteiger partial charge < -0.3 is 20.7 Å². The van der Waals surface area contributed by atoms with Gasteiger partial charge in [-0.1, -0.05) is 78.0 Å². The Morgan fingerprint density at radius 3 is 2.33 bits per heavy atom. The number of aliphatic imine (C=N–C) groups is 1. The number of nitrogens with zero attached hydrogens (tertiary/aromatic N) is 4. The molecule has 1 aliphatic rings. The van der Waals surface area contributed by atoms with Gasteiger partial charge in [0, 0.05) is 31.6 Å². The van der Waals surface area contributed by atoms with E-state index in [2.05, 4.69) is 87.7 Å². The molecule has 9 nitrogen and oxygen atoms in total. The quantitative estimate of drug-likeness (QED) is 0.174. The Labute approximate surface area is 253 Å². The maximum absolute atomic E-state index is 11.3. The van der Waals surface area contributed by atoms with Crippen LogP contribution in [0.4, 0.5) is 23.3 Å². The van der Waals surface area contributed by atoms with Crippen LogP contribution in [-0.2, 0) is 9.53 Å². The third-order valence-electron chi connectivity index (χ3n) is 5.40. The number of aromatic nitrogens is 3. The molecule has 0 aliphatic heterocycles. The van der Waals surface area contributed by atoms with Crippen LogP contribution in [0, 0.1) is 11.8 Å². The molecule has 3 rings (SSSR count). The molecular formula is C33H51N7O2. The highest BCUT2D eigenvalue weighted by Gasteiger charge is 2.18. The monoisotopic (exact) mass is 577 g/mol. The fourth-order valence-electron chi connectivity index (χ4n) is 3.53. The summed E-state index contributed by atoms with van der Waals surface area (Å²) in [5.41, 5.74) is 2.54. The molecule has 0 fully saturated rings. The number of ether oxygens (including phenoxy) is 1. The van der Waals surface area contributed by atoms with Crippen LogP contribution in [0.1, 0.15) is 74.4 Å². The number of allylic oxidation sites excluding steroid dienone is 4. The molecule has 2 aromatic heterocycles. The summed E-state index contributed by atoms with van der Waals surface area (Å²) in [6.45, 7) is 22.5. The third kappa shape index (κ3) is 13.6. The summed E-state index contributed by atoms with van der Waals surface area (Å²) < 4.78 is 5.17. The summed E-state index contributed by atoms with van der Waals surface area (Å²) in [5.74, 6) is 2.20. The molecule has 2 heterocycles. The van der Waals surface area contributed by atoms with E-state index in [0.717, 1.165) is 23.6 Å². The number of carbonyl (C=O) groups excluding carboxylic acids is 1. The topological polar surface area (TPSA) is 113 Å². The molecule has 230 valence electrons. The summed E-state index contributed by atoms with van der Waals surface area (Å²) in [5, 5.41) is 10.0. The number of hydrogen-bond acceptors (Lipinski definition) is 9. The minimum absolute atomic E-state index is 0.125. The molecule has 2 aromatic rings. The van der Waals surface area contributed by atoms with Crippen molar-refractivity contribution in [3.05, 3.63) is 60.5 Å². The molecule has 2 unspecified atom stereocenters. The average molecular weight is 578 g/mol. The van der Waals surface area contributed by atoms with Crippen molar-refractivity contribution in [1.82, 2.24) is 15.0 Å². The van der Waals surface area contributed by atoms with E-state index in [1.165, 1.54) is 6.92 Å². The van der Waals surface area contributed by atoms with Crippen LogP contribution in [-0.4, -0.2) is 52.9 Å². The molecule has 0 saturated carbocycles. The first-order chi connectivity index (χ1) is 20.1. The van der Waals surface area contributed by atoms with Crippen LogP contribution in [0.25, 0.3) is 5.57 Å². The Bertz CT molecular complexity index is 1170. The normalized spacial score (nSPS) is 14.4. The lowest BCUT2D eigenvalue weighted by Gasteiger charge is -2.20. The maximum Gasteiger partial charge on any atom is 0.302 e. The number of nitrogens with one attached hydrogen (secondary N) is 3. The van der Waals surface area contributed by atoms with E-state index in [9.17, 15) is 4.79 Å². The lowest BCUT2D eigenvalue weighted by molar-refractivity contribution is -0.141. The molecule has 0 aromatic carbocycles. The van der Waals surface area contributed by atoms with Crippen LogP contribution in [0.2, 0.25) is 0 Å². The number of esters is 1. The summed E-state index contributed by atoms with van der Waals surface area (Å²) in [6.07, 6.45) is 13.0. The maximum atomic E-state index is 11.3. The first-order valence-corrected chi connectivity index (χ1v) is 14.9. The van der Waals surface area contributed by atoms with E-state index in [-0.39, 0.29) is 30.6 Å². The molecule has 2 atom stereocenters. The van der Waals surface area contributed by atoms with E-state index in [0.29, 0.717) is 29.8 Å². The second kappa shape index (κ2) is 20.0. The first-order valence-electron chi connectivity index (χ1n) is 14.9. The Morgan fingerprint density at radius 2 is 1.76 bits per heavy atom. The van der Waals surface area contributed by atoms with Gasteiger partial charge in [0.1, 0.15) is 12.3 Å². The van der Waals surface area contributed by atoms with Crippen LogP contribution in [0.15, 0.2) is 59.8 Å². The van der Waals surface area contributed by atoms with Gasteiger partial charge in [0.2, 0.25) is 5.95 Å². The van der Waals surface area contributed by atoms with Crippen molar-refractivity contribution < 1.29 is 9.53 Å². The van der Waals surface area contributed by atoms with E-state index in [4.69, 9.17) is 4.74 Å². The summed E-state index contributed by atoms with van der Waals surface area (Å²) in [4.78, 5) is 29.2. The molecule has 0 saturated heterocycles. The minimum atomic E-state index is -0.322. The van der Waals surface area contributed by atoms with Gasteiger partial charge in [-0.15, -0.1) is 0 Å². The van der Waals surface area contributed by atoms with Crippen LogP contribution < -0.4 is 16.0 Å². The van der Waals surface area contributed by atoms with Crippen molar-refractivity contribution in [3.8, 4) is 0 Å². The standard InChI is InChI=1S/C27H35N7O2.C4H10.C2H6/c1-6-22(17-36-19(4)35)32-27-33-25(24(28-5)26(34-27)31-18(2)3)30-16-20-10-9-11-21(14-13-20)23-12-7-8-15-29-23;1-4(2)3;1-2/h7-15,18,20,22H,5-6,16-17H2,1-4H3,(H3,30,31,32,33,34);4H,1-3H3;1-2H3. The highest BCUT2D eigenvalue weighted by atomic mass is 16.5. The summed E-state index contributed by atoms with van der Waals surface area (Å²) in [7, 11) is 0. The van der Waals surface area contributed by atoms with Crippen molar-refractivity contribution in [2.45, 2.75) is 80.8 Å². The van der Waals surface area contributed by atoms with Crippen LogP contribution in [0.3, 0.4) is 0 Å². The van der Waals surface area contributed by atoms with Crippen molar-refractivity contribution in [1.29, 1.82) is 0 Å². The number of pyridine rings is 1. The van der Waals surface area contributed by atoms with Gasteiger partial charge in [0.15, 0.2) is 11.6 Å². The predicted molar refractivity (Wildman–Crippen MR) is 179 cm³/mol. The number of carbonyl (C=O) groups is 1. The number of anilines is 3. The van der Waals surface area contributed by atoms with Crippen molar-refractivity contribution >= 4 is 41.5 Å². The zero-order chi connectivity index (χ0) is 31.5. The third-order valence-corrected chi connectivity index (χ3v) is 5.40. The number of hydrogen-bond donors (Lipinski definition) is 3. The van der Waals surface area contributed by atoms with Gasteiger partial charge in [-0.3, -0.25) is 14.8 Å². The SMILES string of the molecule is C=Nc1c(NCC2C=CC=C(c3ccccn3)C=C2)nc(NC(CC)COC(C)=O)nc1NC(C)C.CC.CC(C)C. The lowest BCUT2D eigenvalue weighted by Crippen LogP contribution is -2.27. The average Bonchev–Trinajstić information content (AvgIpc) is 3.20. The van der Waals surface area contributed by atoms with Gasteiger partial charge in [-0.2, -0.15) is 9.97 Å². The van der Waals surface area contributed by atoms with Crippen LogP contribution >= 0.6 is 0 Å². The molecule has 1 aliphatic carbocycles.